The van der Waals surface area contributed by atoms with Crippen molar-refractivity contribution in [3.63, 3.8) is 0 Å². The van der Waals surface area contributed by atoms with Crippen molar-refractivity contribution < 1.29 is 14.3 Å². The summed E-state index contributed by atoms with van der Waals surface area (Å²) in [5.74, 6) is -0.270. The van der Waals surface area contributed by atoms with E-state index in [0.29, 0.717) is 17.2 Å². The van der Waals surface area contributed by atoms with Crippen LogP contribution in [0, 0.1) is 5.92 Å². The summed E-state index contributed by atoms with van der Waals surface area (Å²) in [5, 5.41) is 2.81. The molecule has 0 spiro atoms. The van der Waals surface area contributed by atoms with Gasteiger partial charge in [-0.1, -0.05) is 38.1 Å². The fraction of sp³-hybridized carbons (Fsp3) is 0.263. The Morgan fingerprint density at radius 1 is 1.00 bits per heavy atom. The van der Waals surface area contributed by atoms with Gasteiger partial charge in [-0.3, -0.25) is 4.79 Å². The molecule has 1 amide bonds. The number of carbonyl (C=O) groups excluding carboxylic acids is 2. The van der Waals surface area contributed by atoms with E-state index in [4.69, 9.17) is 4.74 Å². The van der Waals surface area contributed by atoms with Crippen LogP contribution in [0.25, 0.3) is 0 Å². The van der Waals surface area contributed by atoms with Gasteiger partial charge in [0.1, 0.15) is 0 Å². The Bertz CT molecular complexity index is 690. The van der Waals surface area contributed by atoms with Gasteiger partial charge in [-0.15, -0.1) is 0 Å². The fourth-order valence-corrected chi connectivity index (χ4v) is 2.36. The molecule has 0 bridgehead atoms. The maximum Gasteiger partial charge on any atom is 0.338 e. The Morgan fingerprint density at radius 2 is 1.61 bits per heavy atom. The monoisotopic (exact) mass is 311 g/mol. The van der Waals surface area contributed by atoms with Crippen LogP contribution in [0.5, 0.6) is 0 Å². The molecular formula is C19H21NO3. The normalized spacial score (nSPS) is 10.4. The molecular weight excluding hydrogens is 290 g/mol. The van der Waals surface area contributed by atoms with Gasteiger partial charge >= 0.3 is 5.97 Å². The van der Waals surface area contributed by atoms with Gasteiger partial charge in [-0.25, -0.2) is 4.79 Å². The lowest BCUT2D eigenvalue weighted by atomic mass is 10.0. The van der Waals surface area contributed by atoms with E-state index in [2.05, 4.69) is 19.2 Å². The topological polar surface area (TPSA) is 55.4 Å². The highest BCUT2D eigenvalue weighted by atomic mass is 16.5. The van der Waals surface area contributed by atoms with E-state index in [1.165, 1.54) is 12.7 Å². The minimum atomic E-state index is -0.525. The number of carbonyl (C=O) groups is 2. The second kappa shape index (κ2) is 7.58. The predicted molar refractivity (Wildman–Crippen MR) is 90.7 cm³/mol. The minimum Gasteiger partial charge on any atom is -0.465 e. The molecule has 23 heavy (non-hydrogen) atoms. The quantitative estimate of drug-likeness (QED) is 0.851. The first-order chi connectivity index (χ1) is 11.0. The van der Waals surface area contributed by atoms with E-state index in [0.717, 1.165) is 6.42 Å². The molecule has 120 valence electrons. The third-order valence-corrected chi connectivity index (χ3v) is 3.43. The number of ether oxygens (including phenoxy) is 1. The van der Waals surface area contributed by atoms with Crippen LogP contribution in [0.3, 0.4) is 0 Å². The molecule has 0 radical (unpaired) electrons. The summed E-state index contributed by atoms with van der Waals surface area (Å²) in [4.78, 5) is 24.1. The van der Waals surface area contributed by atoms with Crippen molar-refractivity contribution in [3.8, 4) is 0 Å². The van der Waals surface area contributed by atoms with Crippen molar-refractivity contribution in [2.24, 2.45) is 5.92 Å². The molecule has 0 aliphatic rings. The number of rotatable bonds is 5. The molecule has 0 aromatic heterocycles. The Balaban J connectivity index is 2.15. The summed E-state index contributed by atoms with van der Waals surface area (Å²) >= 11 is 0. The number of benzene rings is 2. The number of hydrogen-bond acceptors (Lipinski definition) is 3. The number of hydrogen-bond donors (Lipinski definition) is 1. The summed E-state index contributed by atoms with van der Waals surface area (Å²) in [5.41, 5.74) is 2.48. The van der Waals surface area contributed by atoms with Gasteiger partial charge in [0.15, 0.2) is 0 Å². The summed E-state index contributed by atoms with van der Waals surface area (Å²) in [6.45, 7) is 4.33. The maximum absolute atomic E-state index is 12.4. The predicted octanol–water partition coefficient (Wildman–Crippen LogP) is 3.92. The molecule has 0 aliphatic heterocycles. The molecule has 1 N–H and O–H groups in total. The van der Waals surface area contributed by atoms with Gasteiger partial charge in [0, 0.05) is 5.69 Å². The molecule has 4 heteroatoms. The standard InChI is InChI=1S/C19H21NO3/c1-13(2)12-14-8-10-15(11-9-14)20-18(21)16-6-4-5-7-17(16)19(22)23-3/h4-11,13H,12H2,1-3H3,(H,20,21). The van der Waals surface area contributed by atoms with Crippen molar-refractivity contribution in [1.29, 1.82) is 0 Å². The van der Waals surface area contributed by atoms with E-state index < -0.39 is 5.97 Å². The molecule has 0 aliphatic carbocycles. The molecule has 0 atom stereocenters. The third kappa shape index (κ3) is 4.42. The van der Waals surface area contributed by atoms with Crippen LogP contribution in [0.15, 0.2) is 48.5 Å². The Kier molecular flexibility index (Phi) is 5.52. The Morgan fingerprint density at radius 3 is 2.17 bits per heavy atom. The molecule has 2 aromatic rings. The number of esters is 1. The third-order valence-electron chi connectivity index (χ3n) is 3.43. The smallest absolute Gasteiger partial charge is 0.338 e. The molecule has 0 unspecified atom stereocenters. The van der Waals surface area contributed by atoms with Crippen LogP contribution in [0.1, 0.15) is 40.1 Å². The van der Waals surface area contributed by atoms with Crippen molar-refractivity contribution >= 4 is 17.6 Å². The molecule has 2 aromatic carbocycles. The van der Waals surface area contributed by atoms with Crippen molar-refractivity contribution in [2.45, 2.75) is 20.3 Å². The highest BCUT2D eigenvalue weighted by molar-refractivity contribution is 6.11. The highest BCUT2D eigenvalue weighted by Crippen LogP contribution is 2.16. The van der Waals surface area contributed by atoms with Gasteiger partial charge in [-0.05, 0) is 42.2 Å². The molecule has 4 nitrogen and oxygen atoms in total. The molecule has 0 saturated heterocycles. The highest BCUT2D eigenvalue weighted by Gasteiger charge is 2.17. The van der Waals surface area contributed by atoms with Crippen LogP contribution >= 0.6 is 0 Å². The molecule has 0 heterocycles. The zero-order valence-corrected chi connectivity index (χ0v) is 13.6. The lowest BCUT2D eigenvalue weighted by Crippen LogP contribution is -2.17. The minimum absolute atomic E-state index is 0.254. The van der Waals surface area contributed by atoms with Gasteiger partial charge < -0.3 is 10.1 Å². The summed E-state index contributed by atoms with van der Waals surface area (Å²) < 4.78 is 4.71. The number of anilines is 1. The molecule has 0 fully saturated rings. The SMILES string of the molecule is COC(=O)c1ccccc1C(=O)Nc1ccc(CC(C)C)cc1. The van der Waals surface area contributed by atoms with Crippen LogP contribution in [0.2, 0.25) is 0 Å². The summed E-state index contributed by atoms with van der Waals surface area (Å²) in [7, 11) is 1.30. The summed E-state index contributed by atoms with van der Waals surface area (Å²) in [6, 6.07) is 14.3. The van der Waals surface area contributed by atoms with Crippen molar-refractivity contribution in [3.05, 3.63) is 65.2 Å². The van der Waals surface area contributed by atoms with E-state index in [9.17, 15) is 9.59 Å². The fourth-order valence-electron chi connectivity index (χ4n) is 2.36. The largest absolute Gasteiger partial charge is 0.465 e. The second-order valence-corrected chi connectivity index (χ2v) is 5.79. The van der Waals surface area contributed by atoms with Crippen LogP contribution < -0.4 is 5.32 Å². The maximum atomic E-state index is 12.4. The van der Waals surface area contributed by atoms with Crippen LogP contribution in [-0.2, 0) is 11.2 Å². The summed E-state index contributed by atoms with van der Waals surface area (Å²) in [6.07, 6.45) is 0.999. The Hall–Kier alpha value is -2.62. The zero-order chi connectivity index (χ0) is 16.8. The van der Waals surface area contributed by atoms with Crippen LogP contribution in [0.4, 0.5) is 5.69 Å². The average molecular weight is 311 g/mol. The molecule has 2 rings (SSSR count). The number of nitrogens with one attached hydrogen (secondary N) is 1. The number of amides is 1. The first kappa shape index (κ1) is 16.7. The van der Waals surface area contributed by atoms with Crippen molar-refractivity contribution in [2.75, 3.05) is 12.4 Å². The van der Waals surface area contributed by atoms with E-state index in [-0.39, 0.29) is 11.5 Å². The molecule has 0 saturated carbocycles. The lowest BCUT2D eigenvalue weighted by molar-refractivity contribution is 0.0597. The van der Waals surface area contributed by atoms with Gasteiger partial charge in [0.2, 0.25) is 0 Å². The van der Waals surface area contributed by atoms with Gasteiger partial charge in [-0.2, -0.15) is 0 Å². The Labute approximate surface area is 136 Å². The lowest BCUT2D eigenvalue weighted by Gasteiger charge is -2.10. The van der Waals surface area contributed by atoms with Gasteiger partial charge in [0.05, 0.1) is 18.2 Å². The van der Waals surface area contributed by atoms with E-state index in [1.54, 1.807) is 24.3 Å². The second-order valence-electron chi connectivity index (χ2n) is 5.79. The number of methoxy groups -OCH3 is 1. The average Bonchev–Trinajstić information content (AvgIpc) is 2.55. The first-order valence-corrected chi connectivity index (χ1v) is 7.59. The first-order valence-electron chi connectivity index (χ1n) is 7.59. The van der Waals surface area contributed by atoms with Gasteiger partial charge in [0.25, 0.3) is 5.91 Å². The van der Waals surface area contributed by atoms with Crippen molar-refractivity contribution in [1.82, 2.24) is 0 Å². The van der Waals surface area contributed by atoms with E-state index >= 15 is 0 Å². The van der Waals surface area contributed by atoms with Crippen LogP contribution in [-0.4, -0.2) is 19.0 Å². The van der Waals surface area contributed by atoms with E-state index in [1.807, 2.05) is 24.3 Å². The zero-order valence-electron chi connectivity index (χ0n) is 13.6.